The molecule has 2 N–H and O–H groups in total. The van der Waals surface area contributed by atoms with Crippen molar-refractivity contribution >= 4 is 35.2 Å². The van der Waals surface area contributed by atoms with Crippen LogP contribution in [-0.4, -0.2) is 32.8 Å². The molecule has 134 valence electrons. The number of hydrogen-bond acceptors (Lipinski definition) is 5. The molecule has 8 heteroatoms. The Morgan fingerprint density at radius 2 is 2.08 bits per heavy atom. The molecule has 0 spiro atoms. The zero-order valence-electron chi connectivity index (χ0n) is 14.0. The summed E-state index contributed by atoms with van der Waals surface area (Å²) in [7, 11) is 0. The lowest BCUT2D eigenvalue weighted by Crippen LogP contribution is -2.35. The number of rotatable bonds is 5. The highest BCUT2D eigenvalue weighted by molar-refractivity contribution is 7.09. The first kappa shape index (κ1) is 17.8. The van der Waals surface area contributed by atoms with Crippen LogP contribution in [0.1, 0.15) is 46.0 Å². The number of aromatic nitrogens is 1. The second-order valence-corrected chi connectivity index (χ2v) is 6.74. The Balaban J connectivity index is 1.69. The van der Waals surface area contributed by atoms with E-state index in [1.165, 1.54) is 23.6 Å². The van der Waals surface area contributed by atoms with Gasteiger partial charge in [-0.3, -0.25) is 9.59 Å². The number of carbonyl (C=O) groups excluding carboxylic acids is 2. The molecule has 1 aliphatic heterocycles. The number of amides is 2. The van der Waals surface area contributed by atoms with Gasteiger partial charge in [-0.2, -0.15) is 0 Å². The zero-order chi connectivity index (χ0) is 18.7. The van der Waals surface area contributed by atoms with Crippen LogP contribution >= 0.6 is 11.3 Å². The van der Waals surface area contributed by atoms with Gasteiger partial charge in [0.1, 0.15) is 5.01 Å². The number of hydrogen-bond donors (Lipinski definition) is 2. The zero-order valence-corrected chi connectivity index (χ0v) is 14.8. The average Bonchev–Trinajstić information content (AvgIpc) is 3.09. The number of thiazole rings is 1. The number of nitrogens with zero attached hydrogens (tertiary/aromatic N) is 2. The second kappa shape index (κ2) is 7.49. The van der Waals surface area contributed by atoms with Crippen molar-refractivity contribution in [3.8, 4) is 0 Å². The molecule has 7 nitrogen and oxygen atoms in total. The highest BCUT2D eigenvalue weighted by Crippen LogP contribution is 2.32. The third kappa shape index (κ3) is 3.80. The molecule has 3 rings (SSSR count). The van der Waals surface area contributed by atoms with E-state index >= 15 is 0 Å². The van der Waals surface area contributed by atoms with Crippen molar-refractivity contribution in [2.45, 2.75) is 25.9 Å². The summed E-state index contributed by atoms with van der Waals surface area (Å²) in [6, 6.07) is 7.26. The van der Waals surface area contributed by atoms with Crippen molar-refractivity contribution in [2.75, 3.05) is 0 Å². The van der Waals surface area contributed by atoms with E-state index in [2.05, 4.69) is 10.3 Å². The summed E-state index contributed by atoms with van der Waals surface area (Å²) in [4.78, 5) is 40.6. The van der Waals surface area contributed by atoms with Gasteiger partial charge < -0.3 is 15.3 Å². The van der Waals surface area contributed by atoms with Gasteiger partial charge in [-0.25, -0.2) is 9.78 Å². The summed E-state index contributed by atoms with van der Waals surface area (Å²) in [5.74, 6) is -1.47. The molecule has 1 aliphatic rings. The molecule has 1 aromatic heterocycles. The van der Waals surface area contributed by atoms with Gasteiger partial charge in [-0.15, -0.1) is 11.3 Å². The van der Waals surface area contributed by atoms with Crippen LogP contribution in [0.3, 0.4) is 0 Å². The Bertz CT molecular complexity index is 890. The van der Waals surface area contributed by atoms with Crippen LogP contribution in [0, 0.1) is 0 Å². The van der Waals surface area contributed by atoms with Crippen LogP contribution in [-0.2, 0) is 16.1 Å². The van der Waals surface area contributed by atoms with E-state index < -0.39 is 5.97 Å². The summed E-state index contributed by atoms with van der Waals surface area (Å²) in [5.41, 5.74) is 1.87. The topological polar surface area (TPSA) is 99.6 Å². The average molecular weight is 371 g/mol. The van der Waals surface area contributed by atoms with Gasteiger partial charge >= 0.3 is 5.97 Å². The monoisotopic (exact) mass is 371 g/mol. The maximum Gasteiger partial charge on any atom is 0.355 e. The molecule has 0 saturated carbocycles. The number of benzene rings is 1. The van der Waals surface area contributed by atoms with Crippen LogP contribution < -0.4 is 5.32 Å². The fourth-order valence-electron chi connectivity index (χ4n) is 2.83. The van der Waals surface area contributed by atoms with Crippen molar-refractivity contribution in [1.82, 2.24) is 15.2 Å². The van der Waals surface area contributed by atoms with Gasteiger partial charge in [-0.1, -0.05) is 24.3 Å². The van der Waals surface area contributed by atoms with E-state index in [1.807, 2.05) is 30.3 Å². The van der Waals surface area contributed by atoms with Crippen molar-refractivity contribution in [1.29, 1.82) is 0 Å². The number of carbonyl (C=O) groups is 3. The van der Waals surface area contributed by atoms with Crippen LogP contribution in [0.5, 0.6) is 0 Å². The largest absolute Gasteiger partial charge is 0.476 e. The summed E-state index contributed by atoms with van der Waals surface area (Å²) < 4.78 is 0. The summed E-state index contributed by atoms with van der Waals surface area (Å²) in [6.07, 6.45) is 3.66. The van der Waals surface area contributed by atoms with Gasteiger partial charge in [0.2, 0.25) is 11.8 Å². The predicted octanol–water partition coefficient (Wildman–Crippen LogP) is 2.42. The van der Waals surface area contributed by atoms with Crippen molar-refractivity contribution in [3.63, 3.8) is 0 Å². The van der Waals surface area contributed by atoms with Crippen LogP contribution in [0.15, 0.2) is 35.8 Å². The van der Waals surface area contributed by atoms with Crippen molar-refractivity contribution in [3.05, 3.63) is 57.7 Å². The maximum absolute atomic E-state index is 12.4. The minimum atomic E-state index is -1.10. The molecular formula is C18H17N3O4S. The molecule has 0 radical (unpaired) electrons. The first-order chi connectivity index (χ1) is 12.5. The number of carboxylic acids is 1. The highest BCUT2D eigenvalue weighted by atomic mass is 32.1. The molecule has 0 unspecified atom stereocenters. The molecule has 0 saturated heterocycles. The van der Waals surface area contributed by atoms with E-state index in [1.54, 1.807) is 11.1 Å². The quantitative estimate of drug-likeness (QED) is 0.841. The molecule has 0 fully saturated rings. The van der Waals surface area contributed by atoms with Crippen LogP contribution in [0.4, 0.5) is 0 Å². The molecule has 2 aromatic rings. The third-order valence-corrected chi connectivity index (χ3v) is 4.90. The molecule has 1 atom stereocenters. The lowest BCUT2D eigenvalue weighted by atomic mass is 9.93. The first-order valence-electron chi connectivity index (χ1n) is 7.96. The first-order valence-corrected chi connectivity index (χ1v) is 8.84. The number of aromatic carboxylic acids is 1. The predicted molar refractivity (Wildman–Crippen MR) is 96.3 cm³/mol. The Morgan fingerprint density at radius 1 is 1.31 bits per heavy atom. The van der Waals surface area contributed by atoms with Gasteiger partial charge in [0.25, 0.3) is 0 Å². The van der Waals surface area contributed by atoms with Gasteiger partial charge in [0.05, 0.1) is 19.0 Å². The maximum atomic E-state index is 12.4. The Hall–Kier alpha value is -3.00. The van der Waals surface area contributed by atoms with E-state index in [0.717, 1.165) is 11.1 Å². The van der Waals surface area contributed by atoms with E-state index in [0.29, 0.717) is 5.01 Å². The Morgan fingerprint density at radius 3 is 2.77 bits per heavy atom. The minimum absolute atomic E-state index is 0.0339. The Kier molecular flexibility index (Phi) is 5.13. The lowest BCUT2D eigenvalue weighted by molar-refractivity contribution is -0.130. The number of fused-ring (bicyclic) bond motifs is 1. The van der Waals surface area contributed by atoms with Crippen molar-refractivity contribution < 1.29 is 19.5 Å². The fourth-order valence-corrected chi connectivity index (χ4v) is 3.53. The summed E-state index contributed by atoms with van der Waals surface area (Å²) in [6.45, 7) is 1.62. The molecule has 2 heterocycles. The smallest absolute Gasteiger partial charge is 0.355 e. The highest BCUT2D eigenvalue weighted by Gasteiger charge is 2.28. The molecular weight excluding hydrogens is 354 g/mol. The van der Waals surface area contributed by atoms with Crippen molar-refractivity contribution in [2.24, 2.45) is 0 Å². The molecule has 0 bridgehead atoms. The number of nitrogens with one attached hydrogen (secondary N) is 1. The second-order valence-electron chi connectivity index (χ2n) is 5.80. The van der Waals surface area contributed by atoms with Gasteiger partial charge in [0.15, 0.2) is 5.69 Å². The van der Waals surface area contributed by atoms with E-state index in [9.17, 15) is 14.4 Å². The van der Waals surface area contributed by atoms with Crippen LogP contribution in [0.2, 0.25) is 0 Å². The van der Waals surface area contributed by atoms with Crippen LogP contribution in [0.25, 0.3) is 6.08 Å². The van der Waals surface area contributed by atoms with Gasteiger partial charge in [-0.05, 0) is 17.2 Å². The Labute approximate surface area is 154 Å². The summed E-state index contributed by atoms with van der Waals surface area (Å²) in [5, 5.41) is 13.6. The van der Waals surface area contributed by atoms with E-state index in [4.69, 9.17) is 5.11 Å². The summed E-state index contributed by atoms with van der Waals surface area (Å²) >= 11 is 1.18. The minimum Gasteiger partial charge on any atom is -0.476 e. The molecule has 26 heavy (non-hydrogen) atoms. The lowest BCUT2D eigenvalue weighted by Gasteiger charge is -2.32. The van der Waals surface area contributed by atoms with E-state index in [-0.39, 0.29) is 36.5 Å². The van der Waals surface area contributed by atoms with Gasteiger partial charge in [0, 0.05) is 18.5 Å². The molecule has 1 aromatic carbocycles. The molecule has 0 aliphatic carbocycles. The SMILES string of the molecule is CC(=O)N1C=Cc2ccccc2[C@@H]1CC(=O)NCc1nc(C(=O)O)cs1. The normalized spacial score (nSPS) is 15.4. The molecule has 2 amide bonds. The standard InChI is InChI=1S/C18H17N3O4S/c1-11(22)21-7-6-12-4-2-3-5-13(12)15(21)8-16(23)19-9-17-20-14(10-26-17)18(24)25/h2-7,10,15H,8-9H2,1H3,(H,19,23)(H,24,25)/t15-/m0/s1. The fraction of sp³-hybridized carbons (Fsp3) is 0.222. The third-order valence-electron chi connectivity index (χ3n) is 4.06. The number of carboxylic acid groups (broad SMARTS) is 1.